The Labute approximate surface area is 118 Å². The zero-order valence-electron chi connectivity index (χ0n) is 13.4. The van der Waals surface area contributed by atoms with Gasteiger partial charge in [-0.3, -0.25) is 4.79 Å². The lowest BCUT2D eigenvalue weighted by Crippen LogP contribution is -2.38. The van der Waals surface area contributed by atoms with Crippen molar-refractivity contribution in [2.45, 2.75) is 65.6 Å². The first-order valence-electron chi connectivity index (χ1n) is 7.10. The highest BCUT2D eigenvalue weighted by atomic mass is 16.6. The zero-order chi connectivity index (χ0) is 15.1. The molecule has 0 atom stereocenters. The lowest BCUT2D eigenvalue weighted by molar-refractivity contribution is -0.130. The van der Waals surface area contributed by atoms with Crippen LogP contribution in [0.3, 0.4) is 0 Å². The Balaban J connectivity index is 4.11. The van der Waals surface area contributed by atoms with Gasteiger partial charge in [0.2, 0.25) is 0 Å². The third kappa shape index (κ3) is 9.14. The number of carbonyl (C=O) groups excluding carboxylic acids is 1. The van der Waals surface area contributed by atoms with Crippen molar-refractivity contribution in [3.05, 3.63) is 0 Å². The van der Waals surface area contributed by atoms with Crippen molar-refractivity contribution in [2.24, 2.45) is 11.7 Å². The van der Waals surface area contributed by atoms with E-state index >= 15 is 0 Å². The second-order valence-electron chi connectivity index (χ2n) is 6.57. The van der Waals surface area contributed by atoms with Crippen LogP contribution in [-0.4, -0.2) is 36.7 Å². The lowest BCUT2D eigenvalue weighted by Gasteiger charge is -2.32. The molecule has 0 aromatic carbocycles. The van der Waals surface area contributed by atoms with E-state index in [1.54, 1.807) is 0 Å². The van der Waals surface area contributed by atoms with Crippen molar-refractivity contribution >= 4 is 5.78 Å². The van der Waals surface area contributed by atoms with Gasteiger partial charge in [-0.1, -0.05) is 13.8 Å². The summed E-state index contributed by atoms with van der Waals surface area (Å²) in [6.45, 7) is 13.4. The number of hydrogen-bond donors (Lipinski definition) is 1. The molecule has 0 unspecified atom stereocenters. The lowest BCUT2D eigenvalue weighted by atomic mass is 9.96. The maximum absolute atomic E-state index is 11.6. The highest BCUT2D eigenvalue weighted by Crippen LogP contribution is 2.21. The third-order valence-corrected chi connectivity index (χ3v) is 3.04. The molecule has 0 aromatic heterocycles. The van der Waals surface area contributed by atoms with Crippen molar-refractivity contribution in [3.8, 4) is 0 Å². The van der Waals surface area contributed by atoms with Gasteiger partial charge in [-0.25, -0.2) is 0 Å². The highest BCUT2D eigenvalue weighted by molar-refractivity contribution is 5.80. The molecule has 114 valence electrons. The Hall–Kier alpha value is -0.450. The SMILES string of the molecule is CC(C)C(=O)CCC(C)(C)OCC(C)(C)OCCN. The second kappa shape index (κ2) is 7.98. The quantitative estimate of drug-likeness (QED) is 0.664. The Kier molecular flexibility index (Phi) is 7.79. The van der Waals surface area contributed by atoms with Gasteiger partial charge in [-0.15, -0.1) is 0 Å². The summed E-state index contributed by atoms with van der Waals surface area (Å²) in [5.74, 6) is 0.385. The molecule has 0 fully saturated rings. The normalized spacial score (nSPS) is 13.1. The maximum atomic E-state index is 11.6. The largest absolute Gasteiger partial charge is 0.373 e. The number of ketones is 1. The molecule has 0 rings (SSSR count). The van der Waals surface area contributed by atoms with E-state index in [2.05, 4.69) is 0 Å². The highest BCUT2D eigenvalue weighted by Gasteiger charge is 2.26. The molecule has 0 amide bonds. The first-order chi connectivity index (χ1) is 8.59. The van der Waals surface area contributed by atoms with Gasteiger partial charge in [0, 0.05) is 18.9 Å². The van der Waals surface area contributed by atoms with Crippen molar-refractivity contribution in [3.63, 3.8) is 0 Å². The zero-order valence-corrected chi connectivity index (χ0v) is 13.4. The molecule has 0 spiro atoms. The molecule has 0 aromatic rings. The van der Waals surface area contributed by atoms with Crippen molar-refractivity contribution in [1.29, 1.82) is 0 Å². The van der Waals surface area contributed by atoms with Gasteiger partial charge < -0.3 is 15.2 Å². The van der Waals surface area contributed by atoms with E-state index in [1.165, 1.54) is 0 Å². The summed E-state index contributed by atoms with van der Waals surface area (Å²) in [6, 6.07) is 0. The van der Waals surface area contributed by atoms with Crippen LogP contribution in [0.15, 0.2) is 0 Å². The third-order valence-electron chi connectivity index (χ3n) is 3.04. The fourth-order valence-electron chi connectivity index (χ4n) is 1.53. The number of carbonyl (C=O) groups is 1. The molecule has 0 heterocycles. The summed E-state index contributed by atoms with van der Waals surface area (Å²) in [5, 5.41) is 0. The van der Waals surface area contributed by atoms with Crippen molar-refractivity contribution in [1.82, 2.24) is 0 Å². The van der Waals surface area contributed by atoms with Gasteiger partial charge in [-0.05, 0) is 34.1 Å². The van der Waals surface area contributed by atoms with Crippen molar-refractivity contribution in [2.75, 3.05) is 19.8 Å². The summed E-state index contributed by atoms with van der Waals surface area (Å²) in [4.78, 5) is 11.6. The van der Waals surface area contributed by atoms with Gasteiger partial charge in [0.1, 0.15) is 5.78 Å². The Morgan fingerprint density at radius 2 is 1.68 bits per heavy atom. The average Bonchev–Trinajstić information content (AvgIpc) is 2.31. The predicted molar refractivity (Wildman–Crippen MR) is 78.2 cm³/mol. The van der Waals surface area contributed by atoms with Crippen LogP contribution >= 0.6 is 0 Å². The summed E-state index contributed by atoms with van der Waals surface area (Å²) in [6.07, 6.45) is 1.30. The molecule has 2 N–H and O–H groups in total. The molecule has 0 saturated carbocycles. The molecule has 4 nitrogen and oxygen atoms in total. The van der Waals surface area contributed by atoms with E-state index in [0.717, 1.165) is 6.42 Å². The molecular weight excluding hydrogens is 242 g/mol. The maximum Gasteiger partial charge on any atom is 0.135 e. The summed E-state index contributed by atoms with van der Waals surface area (Å²) >= 11 is 0. The molecule has 19 heavy (non-hydrogen) atoms. The average molecular weight is 273 g/mol. The van der Waals surface area contributed by atoms with Gasteiger partial charge >= 0.3 is 0 Å². The number of nitrogens with two attached hydrogens (primary N) is 1. The summed E-state index contributed by atoms with van der Waals surface area (Å²) < 4.78 is 11.5. The van der Waals surface area contributed by atoms with Crippen LogP contribution in [0.2, 0.25) is 0 Å². The Morgan fingerprint density at radius 1 is 1.11 bits per heavy atom. The topological polar surface area (TPSA) is 61.5 Å². The monoisotopic (exact) mass is 273 g/mol. The number of Topliss-reactive ketones (excluding diaryl/α,β-unsaturated/α-hetero) is 1. The minimum atomic E-state index is -0.349. The van der Waals surface area contributed by atoms with Crippen LogP contribution in [0.4, 0.5) is 0 Å². The van der Waals surface area contributed by atoms with Crippen LogP contribution in [0.25, 0.3) is 0 Å². The number of ether oxygens (including phenoxy) is 2. The smallest absolute Gasteiger partial charge is 0.135 e. The van der Waals surface area contributed by atoms with E-state index in [9.17, 15) is 4.79 Å². The van der Waals surface area contributed by atoms with Crippen LogP contribution < -0.4 is 5.73 Å². The Morgan fingerprint density at radius 3 is 2.16 bits per heavy atom. The number of rotatable bonds is 10. The molecule has 0 aliphatic heterocycles. The van der Waals surface area contributed by atoms with Gasteiger partial charge in [0.05, 0.1) is 24.4 Å². The van der Waals surface area contributed by atoms with Gasteiger partial charge in [0.15, 0.2) is 0 Å². The first kappa shape index (κ1) is 18.6. The fourth-order valence-corrected chi connectivity index (χ4v) is 1.53. The van der Waals surface area contributed by atoms with Gasteiger partial charge in [-0.2, -0.15) is 0 Å². The first-order valence-corrected chi connectivity index (χ1v) is 7.10. The molecule has 0 bridgehead atoms. The molecule has 0 aliphatic carbocycles. The summed E-state index contributed by atoms with van der Waals surface area (Å²) in [5.41, 5.74) is 4.76. The fraction of sp³-hybridized carbons (Fsp3) is 0.933. The van der Waals surface area contributed by atoms with E-state index < -0.39 is 0 Å². The van der Waals surface area contributed by atoms with Gasteiger partial charge in [0.25, 0.3) is 0 Å². The van der Waals surface area contributed by atoms with Crippen LogP contribution in [-0.2, 0) is 14.3 Å². The van der Waals surface area contributed by atoms with E-state index in [-0.39, 0.29) is 22.9 Å². The minimum Gasteiger partial charge on any atom is -0.373 e. The minimum absolute atomic E-state index is 0.0973. The predicted octanol–water partition coefficient (Wildman–Crippen LogP) is 2.54. The van der Waals surface area contributed by atoms with E-state index in [0.29, 0.717) is 26.2 Å². The molecule has 4 heteroatoms. The van der Waals surface area contributed by atoms with E-state index in [4.69, 9.17) is 15.2 Å². The van der Waals surface area contributed by atoms with Crippen LogP contribution in [0, 0.1) is 5.92 Å². The second-order valence-corrected chi connectivity index (χ2v) is 6.57. The molecule has 0 radical (unpaired) electrons. The molecular formula is C15H31NO3. The van der Waals surface area contributed by atoms with Crippen LogP contribution in [0.1, 0.15) is 54.4 Å². The standard InChI is InChI=1S/C15H31NO3/c1-12(2)13(17)7-8-14(3,4)19-11-15(5,6)18-10-9-16/h12H,7-11,16H2,1-6H3. The van der Waals surface area contributed by atoms with Crippen molar-refractivity contribution < 1.29 is 14.3 Å². The summed E-state index contributed by atoms with van der Waals surface area (Å²) in [7, 11) is 0. The Bertz CT molecular complexity index is 273. The number of hydrogen-bond acceptors (Lipinski definition) is 4. The molecule has 0 aliphatic rings. The molecule has 0 saturated heterocycles. The van der Waals surface area contributed by atoms with Crippen LogP contribution in [0.5, 0.6) is 0 Å². The van der Waals surface area contributed by atoms with E-state index in [1.807, 2.05) is 41.5 Å².